The van der Waals surface area contributed by atoms with Gasteiger partial charge in [-0.1, -0.05) is 6.07 Å². The van der Waals surface area contributed by atoms with Crippen LogP contribution in [0.3, 0.4) is 0 Å². The van der Waals surface area contributed by atoms with Crippen LogP contribution in [0.5, 0.6) is 0 Å². The van der Waals surface area contributed by atoms with Crippen molar-refractivity contribution in [2.75, 3.05) is 23.3 Å². The van der Waals surface area contributed by atoms with Gasteiger partial charge in [0.15, 0.2) is 0 Å². The number of hydrogen-bond donors (Lipinski definition) is 1. The smallest absolute Gasteiger partial charge is 0.148 e. The minimum absolute atomic E-state index is 0.134. The summed E-state index contributed by atoms with van der Waals surface area (Å²) >= 11 is 0. The van der Waals surface area contributed by atoms with Crippen molar-refractivity contribution in [3.63, 3.8) is 0 Å². The zero-order chi connectivity index (χ0) is 11.2. The molecule has 0 bridgehead atoms. The summed E-state index contributed by atoms with van der Waals surface area (Å²) in [6.07, 6.45) is 3.75. The lowest BCUT2D eigenvalue weighted by Crippen LogP contribution is -2.60. The number of anilines is 2. The topological polar surface area (TPSA) is 15.3 Å². The average molecular weight is 220 g/mol. The van der Waals surface area contributed by atoms with Crippen LogP contribution in [0.25, 0.3) is 0 Å². The van der Waals surface area contributed by atoms with E-state index < -0.39 is 0 Å². The van der Waals surface area contributed by atoms with E-state index in [4.69, 9.17) is 0 Å². The number of nitrogens with one attached hydrogen (secondary N) is 1. The Balaban J connectivity index is 2.07. The Morgan fingerprint density at radius 2 is 2.25 bits per heavy atom. The summed E-state index contributed by atoms with van der Waals surface area (Å²) in [4.78, 5) is 2.38. The maximum atomic E-state index is 13.7. The second-order valence-electron chi connectivity index (χ2n) is 4.81. The quantitative estimate of drug-likeness (QED) is 0.782. The molecule has 1 aromatic rings. The van der Waals surface area contributed by atoms with Gasteiger partial charge in [-0.3, -0.25) is 0 Å². The number of benzene rings is 1. The first kappa shape index (κ1) is 9.94. The summed E-state index contributed by atoms with van der Waals surface area (Å²) in [7, 11) is 0. The van der Waals surface area contributed by atoms with E-state index in [0.717, 1.165) is 18.8 Å². The molecule has 1 N–H and O–H groups in total. The van der Waals surface area contributed by atoms with E-state index in [1.165, 1.54) is 25.3 Å². The van der Waals surface area contributed by atoms with Crippen LogP contribution in [0.1, 0.15) is 26.2 Å². The molecule has 1 aliphatic heterocycles. The molecule has 1 spiro atoms. The monoisotopic (exact) mass is 220 g/mol. The van der Waals surface area contributed by atoms with Crippen molar-refractivity contribution in [2.24, 2.45) is 0 Å². The normalized spacial score (nSPS) is 21.2. The molecule has 2 aliphatic rings. The molecular formula is C13H17FN2. The molecule has 0 radical (unpaired) electrons. The molecule has 1 aliphatic carbocycles. The standard InChI is InChI=1S/C13H17FN2/c1-2-16-11-6-3-5-10(14)12(11)15-9-13(16)7-4-8-13/h3,5-6,15H,2,4,7-9H2,1H3. The predicted molar refractivity (Wildman–Crippen MR) is 64.5 cm³/mol. The number of likely N-dealkylation sites (N-methyl/N-ethyl adjacent to an activating group) is 1. The van der Waals surface area contributed by atoms with Gasteiger partial charge in [-0.2, -0.15) is 0 Å². The summed E-state index contributed by atoms with van der Waals surface area (Å²) in [5, 5.41) is 3.27. The van der Waals surface area contributed by atoms with E-state index in [-0.39, 0.29) is 11.4 Å². The first-order valence-corrected chi connectivity index (χ1v) is 6.07. The zero-order valence-corrected chi connectivity index (χ0v) is 9.59. The van der Waals surface area contributed by atoms with Gasteiger partial charge in [0.25, 0.3) is 0 Å². The number of hydrogen-bond acceptors (Lipinski definition) is 2. The fourth-order valence-electron chi connectivity index (χ4n) is 3.05. The van der Waals surface area contributed by atoms with Gasteiger partial charge in [-0.05, 0) is 38.3 Å². The molecule has 0 saturated heterocycles. The Kier molecular flexibility index (Phi) is 2.09. The van der Waals surface area contributed by atoms with Crippen LogP contribution in [-0.4, -0.2) is 18.6 Å². The molecule has 1 saturated carbocycles. The highest BCUT2D eigenvalue weighted by Crippen LogP contribution is 2.46. The fraction of sp³-hybridized carbons (Fsp3) is 0.538. The molecule has 0 unspecified atom stereocenters. The molecule has 16 heavy (non-hydrogen) atoms. The predicted octanol–water partition coefficient (Wildman–Crippen LogP) is 3.00. The molecule has 1 aromatic carbocycles. The van der Waals surface area contributed by atoms with E-state index in [2.05, 4.69) is 17.1 Å². The molecule has 0 aromatic heterocycles. The third-order valence-electron chi connectivity index (χ3n) is 4.05. The lowest BCUT2D eigenvalue weighted by Gasteiger charge is -2.54. The molecule has 1 fully saturated rings. The molecule has 3 heteroatoms. The molecule has 0 amide bonds. The van der Waals surface area contributed by atoms with Gasteiger partial charge in [0.05, 0.1) is 16.9 Å². The highest BCUT2D eigenvalue weighted by Gasteiger charge is 2.45. The summed E-state index contributed by atoms with van der Waals surface area (Å²) < 4.78 is 13.7. The molecule has 3 rings (SSSR count). The van der Waals surface area contributed by atoms with Crippen LogP contribution in [0.2, 0.25) is 0 Å². The van der Waals surface area contributed by atoms with Crippen LogP contribution in [-0.2, 0) is 0 Å². The lowest BCUT2D eigenvalue weighted by atomic mass is 9.73. The van der Waals surface area contributed by atoms with Gasteiger partial charge < -0.3 is 10.2 Å². The molecule has 86 valence electrons. The Morgan fingerprint density at radius 3 is 2.88 bits per heavy atom. The summed E-state index contributed by atoms with van der Waals surface area (Å²) in [6, 6.07) is 5.35. The minimum atomic E-state index is -0.134. The van der Waals surface area contributed by atoms with E-state index in [1.54, 1.807) is 6.07 Å². The minimum Gasteiger partial charge on any atom is -0.379 e. The Bertz CT molecular complexity index is 412. The largest absolute Gasteiger partial charge is 0.379 e. The van der Waals surface area contributed by atoms with Gasteiger partial charge in [0, 0.05) is 13.1 Å². The van der Waals surface area contributed by atoms with Crippen molar-refractivity contribution in [2.45, 2.75) is 31.7 Å². The van der Waals surface area contributed by atoms with Crippen molar-refractivity contribution in [3.8, 4) is 0 Å². The van der Waals surface area contributed by atoms with Crippen LogP contribution in [0.15, 0.2) is 18.2 Å². The highest BCUT2D eigenvalue weighted by atomic mass is 19.1. The maximum Gasteiger partial charge on any atom is 0.148 e. The van der Waals surface area contributed by atoms with Crippen molar-refractivity contribution >= 4 is 11.4 Å². The number of para-hydroxylation sites is 1. The van der Waals surface area contributed by atoms with Crippen LogP contribution < -0.4 is 10.2 Å². The van der Waals surface area contributed by atoms with Gasteiger partial charge in [-0.25, -0.2) is 4.39 Å². The van der Waals surface area contributed by atoms with Crippen molar-refractivity contribution < 1.29 is 4.39 Å². The fourth-order valence-corrected chi connectivity index (χ4v) is 3.05. The van der Waals surface area contributed by atoms with Crippen molar-refractivity contribution in [3.05, 3.63) is 24.0 Å². The highest BCUT2D eigenvalue weighted by molar-refractivity contribution is 5.74. The van der Waals surface area contributed by atoms with Gasteiger partial charge in [0.2, 0.25) is 0 Å². The van der Waals surface area contributed by atoms with Crippen molar-refractivity contribution in [1.82, 2.24) is 0 Å². The van der Waals surface area contributed by atoms with E-state index in [9.17, 15) is 4.39 Å². The number of rotatable bonds is 1. The summed E-state index contributed by atoms with van der Waals surface area (Å²) in [5.74, 6) is -0.134. The van der Waals surface area contributed by atoms with Crippen LogP contribution in [0, 0.1) is 5.82 Å². The third-order valence-corrected chi connectivity index (χ3v) is 4.05. The zero-order valence-electron chi connectivity index (χ0n) is 9.59. The molecule has 1 heterocycles. The maximum absolute atomic E-state index is 13.7. The van der Waals surface area contributed by atoms with Crippen LogP contribution >= 0.6 is 0 Å². The first-order valence-electron chi connectivity index (χ1n) is 6.07. The van der Waals surface area contributed by atoms with E-state index >= 15 is 0 Å². The second-order valence-corrected chi connectivity index (χ2v) is 4.81. The van der Waals surface area contributed by atoms with Gasteiger partial charge >= 0.3 is 0 Å². The van der Waals surface area contributed by atoms with Crippen molar-refractivity contribution in [1.29, 1.82) is 0 Å². The van der Waals surface area contributed by atoms with E-state index in [1.807, 2.05) is 6.07 Å². The second kappa shape index (κ2) is 3.37. The molecular weight excluding hydrogens is 203 g/mol. The van der Waals surface area contributed by atoms with Crippen LogP contribution in [0.4, 0.5) is 15.8 Å². The van der Waals surface area contributed by atoms with Gasteiger partial charge in [0.1, 0.15) is 5.82 Å². The first-order chi connectivity index (χ1) is 7.77. The number of nitrogens with zero attached hydrogens (tertiary/aromatic N) is 1. The third kappa shape index (κ3) is 1.17. The molecule has 2 nitrogen and oxygen atoms in total. The van der Waals surface area contributed by atoms with Gasteiger partial charge in [-0.15, -0.1) is 0 Å². The Labute approximate surface area is 95.4 Å². The number of halogens is 1. The number of fused-ring (bicyclic) bond motifs is 1. The Morgan fingerprint density at radius 1 is 1.44 bits per heavy atom. The Hall–Kier alpha value is -1.25. The summed E-state index contributed by atoms with van der Waals surface area (Å²) in [5.41, 5.74) is 1.98. The van der Waals surface area contributed by atoms with E-state index in [0.29, 0.717) is 5.69 Å². The lowest BCUT2D eigenvalue weighted by molar-refractivity contribution is 0.240. The average Bonchev–Trinajstić information content (AvgIpc) is 2.25. The molecule has 0 atom stereocenters. The SMILES string of the molecule is CCN1c2cccc(F)c2NCC12CCC2. The summed E-state index contributed by atoms with van der Waals surface area (Å²) in [6.45, 7) is 3.99.